The van der Waals surface area contributed by atoms with Crippen LogP contribution >= 0.6 is 0 Å². The van der Waals surface area contributed by atoms with Gasteiger partial charge >= 0.3 is 0 Å². The maximum atomic E-state index is 12.2. The van der Waals surface area contributed by atoms with Crippen LogP contribution < -0.4 is 9.47 Å². The molecular formula is C20H30N2O3. The van der Waals surface area contributed by atoms with Crippen molar-refractivity contribution in [3.63, 3.8) is 0 Å². The molecule has 0 aromatic heterocycles. The van der Waals surface area contributed by atoms with Gasteiger partial charge in [0.2, 0.25) is 5.91 Å². The minimum atomic E-state index is 0.00698. The average Bonchev–Trinajstić information content (AvgIpc) is 2.90. The van der Waals surface area contributed by atoms with E-state index in [2.05, 4.69) is 24.0 Å². The minimum Gasteiger partial charge on any atom is -0.497 e. The fourth-order valence-corrected chi connectivity index (χ4v) is 4.86. The number of rotatable bonds is 5. The molecule has 1 aromatic carbocycles. The third-order valence-electron chi connectivity index (χ3n) is 6.11. The molecule has 5 nitrogen and oxygen atoms in total. The molecule has 0 N–H and O–H groups in total. The number of piperidine rings is 1. The SMILES string of the molecule is CC[C@@H]1N(Cc2cc(OC)cc(OC)c2)CCC[C@]12CCC(=O)N2C. The van der Waals surface area contributed by atoms with Gasteiger partial charge in [-0.2, -0.15) is 0 Å². The molecule has 1 aromatic rings. The van der Waals surface area contributed by atoms with Crippen LogP contribution in [0.15, 0.2) is 18.2 Å². The highest BCUT2D eigenvalue weighted by atomic mass is 16.5. The number of likely N-dealkylation sites (N-methyl/N-ethyl adjacent to an activating group) is 1. The number of nitrogens with zero attached hydrogens (tertiary/aromatic N) is 2. The summed E-state index contributed by atoms with van der Waals surface area (Å²) >= 11 is 0. The van der Waals surface area contributed by atoms with Gasteiger partial charge in [-0.1, -0.05) is 6.92 Å². The van der Waals surface area contributed by atoms with E-state index in [9.17, 15) is 4.79 Å². The van der Waals surface area contributed by atoms with E-state index < -0.39 is 0 Å². The van der Waals surface area contributed by atoms with E-state index in [0.29, 0.717) is 18.4 Å². The average molecular weight is 346 g/mol. The van der Waals surface area contributed by atoms with Crippen molar-refractivity contribution < 1.29 is 14.3 Å². The normalized spacial score (nSPS) is 27.1. The lowest BCUT2D eigenvalue weighted by Crippen LogP contribution is -2.61. The number of amides is 1. The molecule has 25 heavy (non-hydrogen) atoms. The number of hydrogen-bond acceptors (Lipinski definition) is 4. The van der Waals surface area contributed by atoms with Gasteiger partial charge in [0.1, 0.15) is 11.5 Å². The molecular weight excluding hydrogens is 316 g/mol. The first-order chi connectivity index (χ1) is 12.0. The molecule has 3 rings (SSSR count). The summed E-state index contributed by atoms with van der Waals surface area (Å²) in [6.07, 6.45) is 4.98. The third-order valence-corrected chi connectivity index (χ3v) is 6.11. The fourth-order valence-electron chi connectivity index (χ4n) is 4.86. The van der Waals surface area contributed by atoms with E-state index >= 15 is 0 Å². The molecule has 0 unspecified atom stereocenters. The summed E-state index contributed by atoms with van der Waals surface area (Å²) in [7, 11) is 5.36. The van der Waals surface area contributed by atoms with Crippen LogP contribution in [0.4, 0.5) is 0 Å². The van der Waals surface area contributed by atoms with Gasteiger partial charge in [0.25, 0.3) is 0 Å². The Balaban J connectivity index is 1.86. The van der Waals surface area contributed by atoms with Crippen molar-refractivity contribution in [1.82, 2.24) is 9.80 Å². The number of methoxy groups -OCH3 is 2. The Morgan fingerprint density at radius 3 is 2.36 bits per heavy atom. The molecule has 2 heterocycles. The summed E-state index contributed by atoms with van der Waals surface area (Å²) in [6, 6.07) is 6.47. The van der Waals surface area contributed by atoms with Crippen LogP contribution in [-0.4, -0.2) is 55.1 Å². The van der Waals surface area contributed by atoms with Crippen molar-refractivity contribution in [2.24, 2.45) is 0 Å². The summed E-state index contributed by atoms with van der Waals surface area (Å²) in [5, 5.41) is 0. The van der Waals surface area contributed by atoms with Gasteiger partial charge in [-0.3, -0.25) is 9.69 Å². The lowest BCUT2D eigenvalue weighted by atomic mass is 9.77. The van der Waals surface area contributed by atoms with Gasteiger partial charge in [0, 0.05) is 32.1 Å². The Labute approximate surface area is 150 Å². The molecule has 2 aliphatic heterocycles. The molecule has 2 saturated heterocycles. The second-order valence-electron chi connectivity index (χ2n) is 7.28. The van der Waals surface area contributed by atoms with Crippen LogP contribution in [0.5, 0.6) is 11.5 Å². The van der Waals surface area contributed by atoms with Crippen LogP contribution in [0.25, 0.3) is 0 Å². The van der Waals surface area contributed by atoms with Gasteiger partial charge in [-0.15, -0.1) is 0 Å². The first-order valence-electron chi connectivity index (χ1n) is 9.26. The molecule has 2 fully saturated rings. The Kier molecular flexibility index (Phi) is 5.23. The Hall–Kier alpha value is -1.75. The minimum absolute atomic E-state index is 0.00698. The van der Waals surface area contributed by atoms with Crippen molar-refractivity contribution in [3.8, 4) is 11.5 Å². The van der Waals surface area contributed by atoms with E-state index in [1.54, 1.807) is 14.2 Å². The van der Waals surface area contributed by atoms with E-state index in [-0.39, 0.29) is 5.54 Å². The van der Waals surface area contributed by atoms with Crippen LogP contribution in [-0.2, 0) is 11.3 Å². The third kappa shape index (κ3) is 3.22. The predicted molar refractivity (Wildman–Crippen MR) is 98.0 cm³/mol. The summed E-state index contributed by atoms with van der Waals surface area (Å²) in [5.74, 6) is 1.94. The zero-order chi connectivity index (χ0) is 18.0. The molecule has 138 valence electrons. The summed E-state index contributed by atoms with van der Waals surface area (Å²) in [5.41, 5.74) is 1.20. The van der Waals surface area contributed by atoms with Crippen molar-refractivity contribution in [2.45, 2.75) is 57.2 Å². The fraction of sp³-hybridized carbons (Fsp3) is 0.650. The highest BCUT2D eigenvalue weighted by Gasteiger charge is 2.51. The number of carbonyl (C=O) groups is 1. The second-order valence-corrected chi connectivity index (χ2v) is 7.28. The maximum Gasteiger partial charge on any atom is 0.222 e. The van der Waals surface area contributed by atoms with Gasteiger partial charge in [0.15, 0.2) is 0 Å². The number of benzene rings is 1. The van der Waals surface area contributed by atoms with Crippen molar-refractivity contribution in [2.75, 3.05) is 27.8 Å². The zero-order valence-corrected chi connectivity index (χ0v) is 15.9. The van der Waals surface area contributed by atoms with Crippen molar-refractivity contribution in [3.05, 3.63) is 23.8 Å². The summed E-state index contributed by atoms with van der Waals surface area (Å²) in [6.45, 7) is 4.17. The Morgan fingerprint density at radius 2 is 1.84 bits per heavy atom. The van der Waals surface area contributed by atoms with E-state index in [0.717, 1.165) is 50.3 Å². The number of hydrogen-bond donors (Lipinski definition) is 0. The largest absolute Gasteiger partial charge is 0.497 e. The van der Waals surface area contributed by atoms with E-state index in [4.69, 9.17) is 9.47 Å². The smallest absolute Gasteiger partial charge is 0.222 e. The molecule has 0 aliphatic carbocycles. The topological polar surface area (TPSA) is 42.0 Å². The van der Waals surface area contributed by atoms with Crippen LogP contribution in [0.2, 0.25) is 0 Å². The lowest BCUT2D eigenvalue weighted by Gasteiger charge is -2.51. The highest BCUT2D eigenvalue weighted by molar-refractivity contribution is 5.79. The molecule has 1 spiro atoms. The molecule has 2 aliphatic rings. The Morgan fingerprint density at radius 1 is 1.16 bits per heavy atom. The van der Waals surface area contributed by atoms with Crippen LogP contribution in [0.3, 0.4) is 0 Å². The molecule has 0 saturated carbocycles. The number of likely N-dealkylation sites (tertiary alicyclic amines) is 2. The molecule has 0 radical (unpaired) electrons. The van der Waals surface area contributed by atoms with Gasteiger partial charge in [-0.05, 0) is 49.9 Å². The number of carbonyl (C=O) groups excluding carboxylic acids is 1. The monoisotopic (exact) mass is 346 g/mol. The van der Waals surface area contributed by atoms with Crippen molar-refractivity contribution in [1.29, 1.82) is 0 Å². The maximum absolute atomic E-state index is 12.2. The van der Waals surface area contributed by atoms with Crippen LogP contribution in [0, 0.1) is 0 Å². The molecule has 2 atom stereocenters. The van der Waals surface area contributed by atoms with Gasteiger partial charge < -0.3 is 14.4 Å². The van der Waals surface area contributed by atoms with Crippen molar-refractivity contribution >= 4 is 5.91 Å². The second kappa shape index (κ2) is 7.24. The first-order valence-corrected chi connectivity index (χ1v) is 9.26. The molecule has 1 amide bonds. The lowest BCUT2D eigenvalue weighted by molar-refractivity contribution is -0.133. The number of ether oxygens (including phenoxy) is 2. The zero-order valence-electron chi connectivity index (χ0n) is 15.9. The molecule has 0 bridgehead atoms. The quantitative estimate of drug-likeness (QED) is 0.822. The van der Waals surface area contributed by atoms with E-state index in [1.165, 1.54) is 5.56 Å². The van der Waals surface area contributed by atoms with E-state index in [1.807, 2.05) is 18.0 Å². The summed E-state index contributed by atoms with van der Waals surface area (Å²) < 4.78 is 10.8. The van der Waals surface area contributed by atoms with Crippen LogP contribution in [0.1, 0.15) is 44.6 Å². The Bertz CT molecular complexity index is 611. The molecule has 5 heteroatoms. The first kappa shape index (κ1) is 18.1. The highest BCUT2D eigenvalue weighted by Crippen LogP contribution is 2.43. The summed E-state index contributed by atoms with van der Waals surface area (Å²) in [4.78, 5) is 16.8. The van der Waals surface area contributed by atoms with Gasteiger partial charge in [0.05, 0.1) is 19.8 Å². The predicted octanol–water partition coefficient (Wildman–Crippen LogP) is 3.07. The standard InChI is InChI=1S/C20H30N2O3/c1-5-18-20(9-7-19(23)21(20)2)8-6-10-22(18)14-15-11-16(24-3)13-17(12-15)25-4/h11-13,18H,5-10,14H2,1-4H3/t18-,20-/m0/s1. The van der Waals surface area contributed by atoms with Gasteiger partial charge in [-0.25, -0.2) is 0 Å².